The minimum Gasteiger partial charge on any atom is -0.0891 e. The molecule has 0 saturated heterocycles. The van der Waals surface area contributed by atoms with Crippen LogP contribution in [-0.2, 0) is 6.04 Å². The summed E-state index contributed by atoms with van der Waals surface area (Å²) in [6.07, 6.45) is 17.8. The normalized spacial score (nSPS) is 12.6. The molecule has 0 unspecified atom stereocenters. The first-order chi connectivity index (χ1) is 12.1. The van der Waals surface area contributed by atoms with Gasteiger partial charge in [0.2, 0.25) is 0 Å². The summed E-state index contributed by atoms with van der Waals surface area (Å²) in [6, 6.07) is 12.4. The average molecular weight is 359 g/mol. The highest BCUT2D eigenvalue weighted by Crippen LogP contribution is 2.26. The minimum absolute atomic E-state index is 1.30. The SMILES string of the molecule is CCCCCC/C=C(\CCCCCCC)[Si](C)(C)Cc1ccccc1. The van der Waals surface area contributed by atoms with Crippen molar-refractivity contribution in [2.75, 3.05) is 0 Å². The van der Waals surface area contributed by atoms with Gasteiger partial charge in [0.05, 0.1) is 8.07 Å². The molecular formula is C24H42Si. The monoisotopic (exact) mass is 358 g/mol. The second kappa shape index (κ2) is 13.4. The lowest BCUT2D eigenvalue weighted by Gasteiger charge is -2.27. The molecule has 0 atom stereocenters. The molecule has 0 aliphatic rings. The number of hydrogen-bond acceptors (Lipinski definition) is 0. The molecule has 0 amide bonds. The van der Waals surface area contributed by atoms with Gasteiger partial charge in [0, 0.05) is 0 Å². The zero-order valence-corrected chi connectivity index (χ0v) is 18.4. The number of benzene rings is 1. The third-order valence-corrected chi connectivity index (χ3v) is 8.84. The molecule has 142 valence electrons. The summed E-state index contributed by atoms with van der Waals surface area (Å²) in [5.74, 6) is 0. The lowest BCUT2D eigenvalue weighted by atomic mass is 10.1. The van der Waals surface area contributed by atoms with Gasteiger partial charge in [-0.05, 0) is 31.7 Å². The Morgan fingerprint density at radius 2 is 1.40 bits per heavy atom. The summed E-state index contributed by atoms with van der Waals surface area (Å²) < 4.78 is 0. The third kappa shape index (κ3) is 10.0. The van der Waals surface area contributed by atoms with Crippen LogP contribution >= 0.6 is 0 Å². The smallest absolute Gasteiger partial charge is 0.0793 e. The quantitative estimate of drug-likeness (QED) is 0.232. The second-order valence-corrected chi connectivity index (χ2v) is 13.1. The number of hydrogen-bond donors (Lipinski definition) is 0. The molecule has 0 aromatic heterocycles. The Hall–Kier alpha value is -0.823. The highest BCUT2D eigenvalue weighted by atomic mass is 28.3. The van der Waals surface area contributed by atoms with Crippen LogP contribution in [0.2, 0.25) is 13.1 Å². The van der Waals surface area contributed by atoms with Gasteiger partial charge >= 0.3 is 0 Å². The van der Waals surface area contributed by atoms with Crippen LogP contribution in [0.3, 0.4) is 0 Å². The molecule has 0 fully saturated rings. The molecule has 0 spiro atoms. The molecule has 0 heterocycles. The first kappa shape index (κ1) is 22.2. The number of allylic oxidation sites excluding steroid dienone is 2. The highest BCUT2D eigenvalue weighted by Gasteiger charge is 2.25. The number of rotatable bonds is 14. The van der Waals surface area contributed by atoms with Crippen LogP contribution in [0.25, 0.3) is 0 Å². The standard InChI is InChI=1S/C24H42Si/c1-5-7-9-11-16-20-24(21-17-12-10-8-6-2)25(3,4)22-23-18-14-13-15-19-23/h13-15,18-20H,5-12,16-17,21-22H2,1-4H3/b24-20+. The van der Waals surface area contributed by atoms with Crippen molar-refractivity contribution in [1.82, 2.24) is 0 Å². The van der Waals surface area contributed by atoms with E-state index in [1.807, 2.05) is 5.20 Å². The summed E-state index contributed by atoms with van der Waals surface area (Å²) in [4.78, 5) is 0. The van der Waals surface area contributed by atoms with E-state index in [-0.39, 0.29) is 0 Å². The summed E-state index contributed by atoms with van der Waals surface area (Å²) in [5, 5.41) is 1.84. The Balaban J connectivity index is 2.64. The van der Waals surface area contributed by atoms with Gasteiger partial charge < -0.3 is 0 Å². The van der Waals surface area contributed by atoms with Crippen LogP contribution in [0, 0.1) is 0 Å². The molecule has 0 aliphatic carbocycles. The predicted molar refractivity (Wildman–Crippen MR) is 118 cm³/mol. The lowest BCUT2D eigenvalue weighted by molar-refractivity contribution is 0.632. The van der Waals surface area contributed by atoms with E-state index in [9.17, 15) is 0 Å². The molecule has 1 aromatic carbocycles. The van der Waals surface area contributed by atoms with Gasteiger partial charge in [-0.15, -0.1) is 0 Å². The first-order valence-electron chi connectivity index (χ1n) is 10.8. The maximum atomic E-state index is 2.66. The zero-order chi connectivity index (χ0) is 18.4. The van der Waals surface area contributed by atoms with E-state index in [2.05, 4.69) is 63.3 Å². The van der Waals surface area contributed by atoms with Crippen molar-refractivity contribution in [3.8, 4) is 0 Å². The van der Waals surface area contributed by atoms with Crippen molar-refractivity contribution in [2.45, 2.75) is 104 Å². The van der Waals surface area contributed by atoms with Crippen molar-refractivity contribution in [3.05, 3.63) is 47.2 Å². The van der Waals surface area contributed by atoms with Gasteiger partial charge in [0.25, 0.3) is 0 Å². The van der Waals surface area contributed by atoms with Crippen LogP contribution in [0.15, 0.2) is 41.6 Å². The van der Waals surface area contributed by atoms with Crippen LogP contribution in [0.1, 0.15) is 90.0 Å². The molecule has 0 radical (unpaired) electrons. The van der Waals surface area contributed by atoms with Crippen molar-refractivity contribution in [1.29, 1.82) is 0 Å². The van der Waals surface area contributed by atoms with E-state index in [0.717, 1.165) is 0 Å². The Kier molecular flexibility index (Phi) is 11.9. The van der Waals surface area contributed by atoms with Crippen LogP contribution < -0.4 is 0 Å². The Bertz CT molecular complexity index is 458. The van der Waals surface area contributed by atoms with Crippen LogP contribution in [0.5, 0.6) is 0 Å². The second-order valence-electron chi connectivity index (χ2n) is 8.29. The van der Waals surface area contributed by atoms with E-state index in [1.54, 1.807) is 0 Å². The molecule has 1 aromatic rings. The molecule has 25 heavy (non-hydrogen) atoms. The van der Waals surface area contributed by atoms with E-state index < -0.39 is 8.07 Å². The van der Waals surface area contributed by atoms with Gasteiger partial charge in [-0.2, -0.15) is 0 Å². The maximum absolute atomic E-state index is 2.66. The lowest BCUT2D eigenvalue weighted by Crippen LogP contribution is -2.33. The Labute approximate surface area is 159 Å². The van der Waals surface area contributed by atoms with Gasteiger partial charge in [0.15, 0.2) is 0 Å². The molecule has 0 saturated carbocycles. The van der Waals surface area contributed by atoms with Crippen molar-refractivity contribution >= 4 is 8.07 Å². The minimum atomic E-state index is -1.35. The summed E-state index contributed by atoms with van der Waals surface area (Å²) >= 11 is 0. The van der Waals surface area contributed by atoms with E-state index in [4.69, 9.17) is 0 Å². The van der Waals surface area contributed by atoms with Crippen molar-refractivity contribution in [2.24, 2.45) is 0 Å². The van der Waals surface area contributed by atoms with Crippen LogP contribution in [-0.4, -0.2) is 8.07 Å². The van der Waals surface area contributed by atoms with Crippen LogP contribution in [0.4, 0.5) is 0 Å². The van der Waals surface area contributed by atoms with Gasteiger partial charge in [-0.3, -0.25) is 0 Å². The predicted octanol–water partition coefficient (Wildman–Crippen LogP) is 8.27. The molecule has 1 heteroatoms. The van der Waals surface area contributed by atoms with E-state index in [0.29, 0.717) is 0 Å². The van der Waals surface area contributed by atoms with Gasteiger partial charge in [0.1, 0.15) is 0 Å². The zero-order valence-electron chi connectivity index (χ0n) is 17.4. The van der Waals surface area contributed by atoms with E-state index in [1.165, 1.54) is 82.2 Å². The third-order valence-electron chi connectivity index (χ3n) is 5.36. The van der Waals surface area contributed by atoms with Gasteiger partial charge in [-0.1, -0.05) is 119 Å². The Morgan fingerprint density at radius 3 is 2.04 bits per heavy atom. The fourth-order valence-electron chi connectivity index (χ4n) is 3.70. The Morgan fingerprint density at radius 1 is 0.800 bits per heavy atom. The first-order valence-corrected chi connectivity index (χ1v) is 14.0. The molecule has 0 N–H and O–H groups in total. The molecule has 0 bridgehead atoms. The summed E-state index contributed by atoms with van der Waals surface area (Å²) in [7, 11) is -1.35. The highest BCUT2D eigenvalue weighted by molar-refractivity contribution is 6.83. The summed E-state index contributed by atoms with van der Waals surface area (Å²) in [5.41, 5.74) is 1.53. The topological polar surface area (TPSA) is 0 Å². The fourth-order valence-corrected chi connectivity index (χ4v) is 6.74. The number of unbranched alkanes of at least 4 members (excludes halogenated alkanes) is 8. The van der Waals surface area contributed by atoms with E-state index >= 15 is 0 Å². The van der Waals surface area contributed by atoms with Crippen molar-refractivity contribution in [3.63, 3.8) is 0 Å². The molecule has 0 nitrogen and oxygen atoms in total. The van der Waals surface area contributed by atoms with Crippen molar-refractivity contribution < 1.29 is 0 Å². The fraction of sp³-hybridized carbons (Fsp3) is 0.667. The molecule has 1 rings (SSSR count). The largest absolute Gasteiger partial charge is 0.0891 e. The maximum Gasteiger partial charge on any atom is 0.0793 e. The van der Waals surface area contributed by atoms with Gasteiger partial charge in [-0.25, -0.2) is 0 Å². The average Bonchev–Trinajstić information content (AvgIpc) is 2.60. The summed E-state index contributed by atoms with van der Waals surface area (Å²) in [6.45, 7) is 9.78. The molecular weight excluding hydrogens is 316 g/mol. The molecule has 0 aliphatic heterocycles.